The van der Waals surface area contributed by atoms with E-state index in [4.69, 9.17) is 9.47 Å². The smallest absolute Gasteiger partial charge is 0.264 e. The number of aromatic nitrogens is 3. The molecule has 0 bridgehead atoms. The number of amides is 3. The Morgan fingerprint density at radius 1 is 0.707 bits per heavy atom. The number of rotatable bonds is 13. The van der Waals surface area contributed by atoms with Gasteiger partial charge in [0, 0.05) is 46.4 Å². The number of aliphatic hydroxyl groups is 1. The van der Waals surface area contributed by atoms with E-state index < -0.39 is 19.8 Å². The highest BCUT2D eigenvalue weighted by molar-refractivity contribution is 6.91. The zero-order valence-electron chi connectivity index (χ0n) is 42.1. The van der Waals surface area contributed by atoms with Gasteiger partial charge in [0.1, 0.15) is 5.75 Å². The molecule has 0 saturated carbocycles. The van der Waals surface area contributed by atoms with E-state index in [-0.39, 0.29) is 48.3 Å². The largest absolute Gasteiger partial charge is 0.497 e. The molecule has 13 heteroatoms. The topological polar surface area (TPSA) is 130 Å². The molecule has 5 atom stereocenters. The van der Waals surface area contributed by atoms with Gasteiger partial charge in [-0.05, 0) is 101 Å². The average Bonchev–Trinajstić information content (AvgIpc) is 4.38. The summed E-state index contributed by atoms with van der Waals surface area (Å²) in [6, 6.07) is 55.6. The number of benzene rings is 8. The lowest BCUT2D eigenvalue weighted by Crippen LogP contribution is -2.51. The first kappa shape index (κ1) is 46.5. The molecule has 1 spiro atoms. The van der Waals surface area contributed by atoms with Gasteiger partial charge in [0.15, 0.2) is 5.60 Å². The standard InChI is InChI=1S/C62H54N6O6Si/c1-38-58(75(3,4)46-29-27-45(73-2)28-30-46)55(32-33-65-36-51(63-64-65)49(37-69)40-12-6-5-7-13-40)74-62(38)50-34-44(68-54-21-11-17-42-15-9-19-48(57(42)54)60(68)71)26-31-52(50)66(61(62)72)35-39-22-24-43(25-23-39)67-53-20-10-16-41-14-8-18-47(56(41)53)59(67)70/h5-31,34,36,38,49,55,58,69H,32-33,35,37H2,1-4H3/t38-,49?,55+,58-,62+/m1/s1. The lowest BCUT2D eigenvalue weighted by atomic mass is 9.82. The number of fused-ring (bicyclic) bond motifs is 2. The number of carbonyl (C=O) groups excluding carboxylic acids is 3. The molecule has 5 heterocycles. The molecular formula is C62H54N6O6Si. The summed E-state index contributed by atoms with van der Waals surface area (Å²) in [4.78, 5) is 50.0. The lowest BCUT2D eigenvalue weighted by molar-refractivity contribution is -0.146. The molecule has 75 heavy (non-hydrogen) atoms. The Labute approximate surface area is 435 Å². The molecule has 1 fully saturated rings. The summed E-state index contributed by atoms with van der Waals surface area (Å²) in [5.74, 6) is -0.254. The van der Waals surface area contributed by atoms with Gasteiger partial charge in [0.2, 0.25) is 0 Å². The van der Waals surface area contributed by atoms with Gasteiger partial charge in [-0.1, -0.05) is 134 Å². The van der Waals surface area contributed by atoms with Crippen LogP contribution in [0.3, 0.4) is 0 Å². The third-order valence-corrected chi connectivity index (χ3v) is 21.0. The predicted octanol–water partition coefficient (Wildman–Crippen LogP) is 11.2. The van der Waals surface area contributed by atoms with Crippen LogP contribution < -0.4 is 24.6 Å². The van der Waals surface area contributed by atoms with E-state index in [0.29, 0.717) is 35.5 Å². The molecule has 1 aromatic heterocycles. The van der Waals surface area contributed by atoms with E-state index in [1.807, 2.05) is 174 Å². The molecule has 3 amide bonds. The van der Waals surface area contributed by atoms with Crippen molar-refractivity contribution in [3.63, 3.8) is 0 Å². The number of aryl methyl sites for hydroxylation is 1. The first-order valence-electron chi connectivity index (χ1n) is 25.7. The minimum atomic E-state index is -2.57. The van der Waals surface area contributed by atoms with Crippen LogP contribution in [0.2, 0.25) is 18.6 Å². The van der Waals surface area contributed by atoms with Crippen molar-refractivity contribution in [1.82, 2.24) is 15.0 Å². The van der Waals surface area contributed by atoms with Crippen LogP contribution in [0.5, 0.6) is 5.75 Å². The van der Waals surface area contributed by atoms with Gasteiger partial charge >= 0.3 is 0 Å². The Hall–Kier alpha value is -8.23. The van der Waals surface area contributed by atoms with Crippen molar-refractivity contribution in [2.45, 2.75) is 62.7 Å². The van der Waals surface area contributed by atoms with E-state index in [2.05, 4.69) is 42.5 Å². The fraction of sp³-hybridized carbons (Fsp3) is 0.210. The second-order valence-electron chi connectivity index (χ2n) is 20.9. The summed E-state index contributed by atoms with van der Waals surface area (Å²) >= 11 is 0. The average molecular weight is 1010 g/mol. The fourth-order valence-corrected chi connectivity index (χ4v) is 17.1. The number of nitrogens with zero attached hydrogens (tertiary/aromatic N) is 6. The SMILES string of the molecule is COc1ccc([Si](C)(C)[C@H]2[C@H](CCn3cc(C(CO)c4ccccc4)nn3)O[C@@]3(C(=O)N(Cc4ccc(N5C(=O)c6cccc7cccc5c67)cc4)c4ccc(N5C(=O)c6cccc7cccc5c67)cc43)[C@@H]2C)cc1. The molecule has 1 N–H and O–H groups in total. The summed E-state index contributed by atoms with van der Waals surface area (Å²) in [5.41, 5.74) is 6.79. The van der Waals surface area contributed by atoms with Crippen LogP contribution in [-0.4, -0.2) is 65.7 Å². The highest BCUT2D eigenvalue weighted by Gasteiger charge is 2.66. The highest BCUT2D eigenvalue weighted by Crippen LogP contribution is 2.61. The van der Waals surface area contributed by atoms with Crippen LogP contribution in [0, 0.1) is 5.92 Å². The van der Waals surface area contributed by atoms with Crippen molar-refractivity contribution in [3.8, 4) is 5.75 Å². The molecule has 0 radical (unpaired) electrons. The van der Waals surface area contributed by atoms with E-state index in [1.54, 1.807) is 16.9 Å². The maximum absolute atomic E-state index is 16.2. The van der Waals surface area contributed by atoms with Crippen molar-refractivity contribution in [2.75, 3.05) is 28.4 Å². The third-order valence-electron chi connectivity index (χ3n) is 16.7. The number of ether oxygens (including phenoxy) is 2. The Morgan fingerprint density at radius 2 is 1.32 bits per heavy atom. The van der Waals surface area contributed by atoms with Crippen LogP contribution >= 0.6 is 0 Å². The van der Waals surface area contributed by atoms with Gasteiger partial charge in [-0.3, -0.25) is 28.9 Å². The zero-order chi connectivity index (χ0) is 51.3. The van der Waals surface area contributed by atoms with Crippen LogP contribution in [0.15, 0.2) is 176 Å². The Kier molecular flexibility index (Phi) is 11.0. The van der Waals surface area contributed by atoms with Crippen LogP contribution in [0.1, 0.15) is 62.4 Å². The van der Waals surface area contributed by atoms with Crippen molar-refractivity contribution in [1.29, 1.82) is 0 Å². The molecule has 13 rings (SSSR count). The molecule has 4 aliphatic heterocycles. The normalized spacial score (nSPS) is 20.1. The molecular weight excluding hydrogens is 953 g/mol. The van der Waals surface area contributed by atoms with Crippen LogP contribution in [-0.2, 0) is 28.2 Å². The molecule has 372 valence electrons. The van der Waals surface area contributed by atoms with E-state index in [0.717, 1.165) is 66.7 Å². The molecule has 1 saturated heterocycles. The minimum Gasteiger partial charge on any atom is -0.497 e. The van der Waals surface area contributed by atoms with E-state index in [9.17, 15) is 14.7 Å². The third kappa shape index (κ3) is 7.12. The minimum absolute atomic E-state index is 0.0739. The summed E-state index contributed by atoms with van der Waals surface area (Å²) in [6.45, 7) is 7.49. The maximum atomic E-state index is 16.2. The summed E-state index contributed by atoms with van der Waals surface area (Å²) < 4.78 is 15.1. The number of carbonyl (C=O) groups is 3. The van der Waals surface area contributed by atoms with Gasteiger partial charge in [-0.15, -0.1) is 5.10 Å². The van der Waals surface area contributed by atoms with Crippen molar-refractivity contribution in [2.24, 2.45) is 5.92 Å². The van der Waals surface area contributed by atoms with Gasteiger partial charge in [-0.25, -0.2) is 0 Å². The number of methoxy groups -OCH3 is 1. The number of hydrogen-bond acceptors (Lipinski definition) is 8. The number of anilines is 5. The first-order valence-corrected chi connectivity index (χ1v) is 28.7. The second-order valence-corrected chi connectivity index (χ2v) is 25.6. The van der Waals surface area contributed by atoms with E-state index in [1.165, 1.54) is 5.19 Å². The summed E-state index contributed by atoms with van der Waals surface area (Å²) in [7, 11) is -0.898. The van der Waals surface area contributed by atoms with Gasteiger partial charge in [0.25, 0.3) is 17.7 Å². The highest BCUT2D eigenvalue weighted by atomic mass is 28.3. The number of hydrogen-bond donors (Lipinski definition) is 1. The fourth-order valence-electron chi connectivity index (χ4n) is 13.0. The molecule has 12 nitrogen and oxygen atoms in total. The molecule has 4 aliphatic rings. The van der Waals surface area contributed by atoms with Crippen molar-refractivity contribution in [3.05, 3.63) is 210 Å². The molecule has 1 unspecified atom stereocenters. The lowest BCUT2D eigenvalue weighted by Gasteiger charge is -2.37. The van der Waals surface area contributed by atoms with Crippen molar-refractivity contribution < 1.29 is 29.0 Å². The molecule has 0 aliphatic carbocycles. The first-order chi connectivity index (χ1) is 36.5. The predicted molar refractivity (Wildman–Crippen MR) is 294 cm³/mol. The Balaban J connectivity index is 0.898. The molecule has 9 aromatic rings. The monoisotopic (exact) mass is 1010 g/mol. The second kappa shape index (κ2) is 17.7. The van der Waals surface area contributed by atoms with Crippen LogP contribution in [0.25, 0.3) is 21.5 Å². The quantitative estimate of drug-likeness (QED) is 0.113. The number of aliphatic hydroxyl groups excluding tert-OH is 1. The zero-order valence-corrected chi connectivity index (χ0v) is 43.1. The maximum Gasteiger partial charge on any atom is 0.264 e. The van der Waals surface area contributed by atoms with Crippen molar-refractivity contribution >= 4 is 81.0 Å². The summed E-state index contributed by atoms with van der Waals surface area (Å²) in [5, 5.41) is 24.7. The van der Waals surface area contributed by atoms with Gasteiger partial charge in [0.05, 0.1) is 74.2 Å². The van der Waals surface area contributed by atoms with E-state index >= 15 is 4.79 Å². The Morgan fingerprint density at radius 3 is 1.95 bits per heavy atom. The van der Waals surface area contributed by atoms with Crippen LogP contribution in [0.4, 0.5) is 28.4 Å². The molecule has 8 aromatic carbocycles. The Bertz CT molecular complexity index is 3760. The summed E-state index contributed by atoms with van der Waals surface area (Å²) in [6.07, 6.45) is 2.03. The van der Waals surface area contributed by atoms with Gasteiger partial charge < -0.3 is 19.5 Å². The van der Waals surface area contributed by atoms with Gasteiger partial charge in [-0.2, -0.15) is 0 Å².